The molecule has 0 heterocycles. The van der Waals surface area contributed by atoms with E-state index in [1.807, 2.05) is 0 Å². The second kappa shape index (κ2) is 5.66. The van der Waals surface area contributed by atoms with Crippen LogP contribution in [0.15, 0.2) is 18.2 Å². The molecular formula is C18H27N. The van der Waals surface area contributed by atoms with Crippen LogP contribution in [-0.4, -0.2) is 7.05 Å². The Kier molecular flexibility index (Phi) is 3.93. The van der Waals surface area contributed by atoms with Crippen LogP contribution in [0.3, 0.4) is 0 Å². The molecule has 1 aromatic carbocycles. The van der Waals surface area contributed by atoms with Crippen LogP contribution in [0.2, 0.25) is 0 Å². The lowest BCUT2D eigenvalue weighted by Crippen LogP contribution is -2.27. The zero-order valence-electron chi connectivity index (χ0n) is 12.4. The second-order valence-electron chi connectivity index (χ2n) is 6.57. The average Bonchev–Trinajstić information content (AvgIpc) is 2.86. The van der Waals surface area contributed by atoms with Crippen LogP contribution in [0.5, 0.6) is 0 Å². The molecule has 3 atom stereocenters. The standard InChI is InChI=1S/C18H27N/c1-13-6-5-9-17(13)18(19-2)16-11-10-14-7-3-4-8-15(14)12-16/h10-13,17-19H,3-9H2,1-2H3. The van der Waals surface area contributed by atoms with Crippen LogP contribution in [0.25, 0.3) is 0 Å². The number of benzene rings is 1. The van der Waals surface area contributed by atoms with E-state index in [-0.39, 0.29) is 0 Å². The smallest absolute Gasteiger partial charge is 0.0348 e. The fourth-order valence-electron chi connectivity index (χ4n) is 4.24. The minimum Gasteiger partial charge on any atom is -0.313 e. The zero-order valence-corrected chi connectivity index (χ0v) is 12.4. The van der Waals surface area contributed by atoms with Gasteiger partial charge in [-0.3, -0.25) is 0 Å². The molecule has 0 amide bonds. The predicted octanol–water partition coefficient (Wildman–Crippen LogP) is 4.26. The maximum absolute atomic E-state index is 3.60. The van der Waals surface area contributed by atoms with Gasteiger partial charge in [0.1, 0.15) is 0 Å². The highest BCUT2D eigenvalue weighted by molar-refractivity contribution is 5.35. The highest BCUT2D eigenvalue weighted by Gasteiger charge is 2.31. The number of nitrogens with one attached hydrogen (secondary N) is 1. The van der Waals surface area contributed by atoms with Crippen LogP contribution in [0.1, 0.15) is 61.8 Å². The molecule has 1 aromatic rings. The lowest BCUT2D eigenvalue weighted by Gasteiger charge is -2.28. The normalized spacial score (nSPS) is 28.1. The van der Waals surface area contributed by atoms with Crippen molar-refractivity contribution in [1.29, 1.82) is 0 Å². The molecule has 3 rings (SSSR count). The predicted molar refractivity (Wildman–Crippen MR) is 81.4 cm³/mol. The van der Waals surface area contributed by atoms with Gasteiger partial charge < -0.3 is 5.32 Å². The van der Waals surface area contributed by atoms with Crippen molar-refractivity contribution in [1.82, 2.24) is 5.32 Å². The first kappa shape index (κ1) is 13.2. The van der Waals surface area contributed by atoms with Crippen molar-refractivity contribution in [2.75, 3.05) is 7.05 Å². The van der Waals surface area contributed by atoms with Gasteiger partial charge in [-0.25, -0.2) is 0 Å². The van der Waals surface area contributed by atoms with E-state index in [9.17, 15) is 0 Å². The van der Waals surface area contributed by atoms with Gasteiger partial charge >= 0.3 is 0 Å². The number of rotatable bonds is 3. The summed E-state index contributed by atoms with van der Waals surface area (Å²) in [5.41, 5.74) is 4.75. The molecule has 0 spiro atoms. The third kappa shape index (κ3) is 2.58. The summed E-state index contributed by atoms with van der Waals surface area (Å²) in [6.07, 6.45) is 9.55. The SMILES string of the molecule is CNC(c1ccc2c(c1)CCCC2)C1CCCC1C. The van der Waals surface area contributed by atoms with E-state index in [2.05, 4.69) is 37.5 Å². The number of hydrogen-bond acceptors (Lipinski definition) is 1. The van der Waals surface area contributed by atoms with E-state index in [4.69, 9.17) is 0 Å². The topological polar surface area (TPSA) is 12.0 Å². The molecule has 0 aromatic heterocycles. The third-order valence-corrected chi connectivity index (χ3v) is 5.40. The molecule has 0 aliphatic heterocycles. The molecular weight excluding hydrogens is 230 g/mol. The summed E-state index contributed by atoms with van der Waals surface area (Å²) in [4.78, 5) is 0. The largest absolute Gasteiger partial charge is 0.313 e. The first-order valence-corrected chi connectivity index (χ1v) is 8.08. The summed E-state index contributed by atoms with van der Waals surface area (Å²) < 4.78 is 0. The second-order valence-corrected chi connectivity index (χ2v) is 6.57. The Bertz CT molecular complexity index is 437. The van der Waals surface area contributed by atoms with E-state index < -0.39 is 0 Å². The number of hydrogen-bond donors (Lipinski definition) is 1. The van der Waals surface area contributed by atoms with Crippen molar-refractivity contribution in [3.8, 4) is 0 Å². The maximum atomic E-state index is 3.60. The van der Waals surface area contributed by atoms with Gasteiger partial charge in [0.25, 0.3) is 0 Å². The van der Waals surface area contributed by atoms with E-state index in [1.54, 1.807) is 11.1 Å². The quantitative estimate of drug-likeness (QED) is 0.853. The van der Waals surface area contributed by atoms with Crippen molar-refractivity contribution in [2.24, 2.45) is 11.8 Å². The molecule has 3 unspecified atom stereocenters. The molecule has 0 radical (unpaired) electrons. The average molecular weight is 257 g/mol. The van der Waals surface area contributed by atoms with Gasteiger partial charge in [-0.1, -0.05) is 38.0 Å². The molecule has 0 bridgehead atoms. The van der Waals surface area contributed by atoms with Crippen LogP contribution >= 0.6 is 0 Å². The lowest BCUT2D eigenvalue weighted by molar-refractivity contribution is 0.315. The molecule has 2 aliphatic carbocycles. The molecule has 1 nitrogen and oxygen atoms in total. The van der Waals surface area contributed by atoms with Crippen molar-refractivity contribution in [2.45, 2.75) is 57.9 Å². The van der Waals surface area contributed by atoms with Gasteiger partial charge in [0, 0.05) is 6.04 Å². The van der Waals surface area contributed by atoms with Crippen molar-refractivity contribution >= 4 is 0 Å². The van der Waals surface area contributed by atoms with Gasteiger partial charge in [0.2, 0.25) is 0 Å². The zero-order chi connectivity index (χ0) is 13.2. The Labute approximate surface area is 117 Å². The first-order valence-electron chi connectivity index (χ1n) is 8.08. The van der Waals surface area contributed by atoms with Gasteiger partial charge in [-0.15, -0.1) is 0 Å². The summed E-state index contributed by atoms with van der Waals surface area (Å²) in [7, 11) is 2.13. The van der Waals surface area contributed by atoms with Crippen LogP contribution < -0.4 is 5.32 Å². The molecule has 0 saturated heterocycles. The van der Waals surface area contributed by atoms with E-state index in [0.29, 0.717) is 6.04 Å². The summed E-state index contributed by atoms with van der Waals surface area (Å²) in [6.45, 7) is 2.43. The van der Waals surface area contributed by atoms with E-state index in [0.717, 1.165) is 11.8 Å². The van der Waals surface area contributed by atoms with Crippen LogP contribution in [-0.2, 0) is 12.8 Å². The Balaban J connectivity index is 1.86. The Morgan fingerprint density at radius 1 is 1.05 bits per heavy atom. The van der Waals surface area contributed by atoms with Crippen molar-refractivity contribution in [3.05, 3.63) is 34.9 Å². The van der Waals surface area contributed by atoms with Crippen molar-refractivity contribution in [3.63, 3.8) is 0 Å². The summed E-state index contributed by atoms with van der Waals surface area (Å²) in [6, 6.07) is 7.84. The minimum absolute atomic E-state index is 0.560. The molecule has 1 saturated carbocycles. The highest BCUT2D eigenvalue weighted by Crippen LogP contribution is 2.40. The van der Waals surface area contributed by atoms with Crippen LogP contribution in [0, 0.1) is 11.8 Å². The monoisotopic (exact) mass is 257 g/mol. The Morgan fingerprint density at radius 3 is 2.53 bits per heavy atom. The summed E-state index contributed by atoms with van der Waals surface area (Å²) in [5, 5.41) is 3.60. The van der Waals surface area contributed by atoms with Gasteiger partial charge in [0.15, 0.2) is 0 Å². The fraction of sp³-hybridized carbons (Fsp3) is 0.667. The van der Waals surface area contributed by atoms with Crippen molar-refractivity contribution < 1.29 is 0 Å². The lowest BCUT2D eigenvalue weighted by atomic mass is 9.83. The van der Waals surface area contributed by atoms with E-state index in [1.165, 1.54) is 50.5 Å². The summed E-state index contributed by atoms with van der Waals surface area (Å²) >= 11 is 0. The minimum atomic E-state index is 0.560. The summed E-state index contributed by atoms with van der Waals surface area (Å²) in [5.74, 6) is 1.69. The fourth-order valence-corrected chi connectivity index (χ4v) is 4.24. The molecule has 1 N–H and O–H groups in total. The molecule has 104 valence electrons. The highest BCUT2D eigenvalue weighted by atomic mass is 14.9. The van der Waals surface area contributed by atoms with Gasteiger partial charge in [-0.05, 0) is 67.7 Å². The first-order chi connectivity index (χ1) is 9.29. The van der Waals surface area contributed by atoms with E-state index >= 15 is 0 Å². The number of aryl methyl sites for hydroxylation is 2. The van der Waals surface area contributed by atoms with Crippen LogP contribution in [0.4, 0.5) is 0 Å². The Morgan fingerprint density at radius 2 is 1.84 bits per heavy atom. The number of fused-ring (bicyclic) bond motifs is 1. The molecule has 1 heteroatoms. The maximum Gasteiger partial charge on any atom is 0.0348 e. The van der Waals surface area contributed by atoms with Gasteiger partial charge in [0.05, 0.1) is 0 Å². The molecule has 2 aliphatic rings. The molecule has 1 fully saturated rings. The third-order valence-electron chi connectivity index (χ3n) is 5.40. The molecule has 19 heavy (non-hydrogen) atoms. The van der Waals surface area contributed by atoms with Gasteiger partial charge in [-0.2, -0.15) is 0 Å². The Hall–Kier alpha value is -0.820.